The summed E-state index contributed by atoms with van der Waals surface area (Å²) in [6.45, 7) is 5.33. The SMILES string of the molecule is CCNC(=NCCNc1cnccn1)N1CCc2ccccc21. The first kappa shape index (κ1) is 15.3. The fourth-order valence-corrected chi connectivity index (χ4v) is 2.69. The molecular formula is C17H22N6. The number of aromatic nitrogens is 2. The maximum absolute atomic E-state index is 4.73. The van der Waals surface area contributed by atoms with E-state index in [1.807, 2.05) is 0 Å². The van der Waals surface area contributed by atoms with Gasteiger partial charge in [0.05, 0.1) is 12.7 Å². The number of benzene rings is 1. The molecule has 0 spiro atoms. The molecule has 0 amide bonds. The number of anilines is 2. The summed E-state index contributed by atoms with van der Waals surface area (Å²) >= 11 is 0. The van der Waals surface area contributed by atoms with Gasteiger partial charge in [-0.1, -0.05) is 18.2 Å². The number of nitrogens with zero attached hydrogens (tertiary/aromatic N) is 4. The highest BCUT2D eigenvalue weighted by atomic mass is 15.3. The summed E-state index contributed by atoms with van der Waals surface area (Å²) in [7, 11) is 0. The lowest BCUT2D eigenvalue weighted by atomic mass is 10.2. The van der Waals surface area contributed by atoms with Crippen molar-refractivity contribution in [2.24, 2.45) is 4.99 Å². The molecule has 0 bridgehead atoms. The molecule has 1 aliphatic rings. The summed E-state index contributed by atoms with van der Waals surface area (Å²) in [5.74, 6) is 1.72. The van der Waals surface area contributed by atoms with Crippen LogP contribution in [-0.4, -0.2) is 42.1 Å². The van der Waals surface area contributed by atoms with Crippen LogP contribution in [0.4, 0.5) is 11.5 Å². The molecule has 23 heavy (non-hydrogen) atoms. The number of rotatable bonds is 5. The van der Waals surface area contributed by atoms with Crippen molar-refractivity contribution in [3.63, 3.8) is 0 Å². The van der Waals surface area contributed by atoms with Crippen molar-refractivity contribution in [2.75, 3.05) is 36.4 Å². The molecule has 1 aromatic carbocycles. The lowest BCUT2D eigenvalue weighted by Crippen LogP contribution is -2.40. The summed E-state index contributed by atoms with van der Waals surface area (Å²) in [6, 6.07) is 8.52. The van der Waals surface area contributed by atoms with Gasteiger partial charge in [-0.2, -0.15) is 0 Å². The predicted octanol–water partition coefficient (Wildman–Crippen LogP) is 1.92. The Kier molecular flexibility index (Phi) is 5.03. The van der Waals surface area contributed by atoms with E-state index in [0.29, 0.717) is 6.54 Å². The smallest absolute Gasteiger partial charge is 0.198 e. The molecule has 0 aliphatic carbocycles. The van der Waals surface area contributed by atoms with Gasteiger partial charge in [0, 0.05) is 37.7 Å². The lowest BCUT2D eigenvalue weighted by Gasteiger charge is -2.22. The molecule has 0 atom stereocenters. The standard InChI is InChI=1S/C17H22N6/c1-2-19-17(22-11-10-21-16-13-18-8-9-20-16)23-12-7-14-5-3-4-6-15(14)23/h3-6,8-9,13H,2,7,10-12H2,1H3,(H,19,22)(H,20,21). The zero-order valence-corrected chi connectivity index (χ0v) is 13.4. The highest BCUT2D eigenvalue weighted by Crippen LogP contribution is 2.27. The van der Waals surface area contributed by atoms with Crippen molar-refractivity contribution in [3.05, 3.63) is 48.4 Å². The molecule has 3 rings (SSSR count). The Morgan fingerprint density at radius 1 is 1.30 bits per heavy atom. The number of fused-ring (bicyclic) bond motifs is 1. The van der Waals surface area contributed by atoms with Crippen LogP contribution in [0.2, 0.25) is 0 Å². The molecule has 6 nitrogen and oxygen atoms in total. The van der Waals surface area contributed by atoms with Gasteiger partial charge in [-0.05, 0) is 25.0 Å². The van der Waals surface area contributed by atoms with Crippen LogP contribution in [0.15, 0.2) is 47.8 Å². The van der Waals surface area contributed by atoms with E-state index < -0.39 is 0 Å². The fourth-order valence-electron chi connectivity index (χ4n) is 2.69. The second kappa shape index (κ2) is 7.58. The highest BCUT2D eigenvalue weighted by Gasteiger charge is 2.22. The number of hydrogen-bond acceptors (Lipinski definition) is 4. The molecule has 120 valence electrons. The average molecular weight is 310 g/mol. The second-order valence-electron chi connectivity index (χ2n) is 5.28. The fraction of sp³-hybridized carbons (Fsp3) is 0.353. The summed E-state index contributed by atoms with van der Waals surface area (Å²) in [5.41, 5.74) is 2.64. The van der Waals surface area contributed by atoms with E-state index in [2.05, 4.69) is 56.7 Å². The van der Waals surface area contributed by atoms with Crippen LogP contribution in [0, 0.1) is 0 Å². The Balaban J connectivity index is 1.62. The summed E-state index contributed by atoms with van der Waals surface area (Å²) in [6.07, 6.45) is 6.12. The van der Waals surface area contributed by atoms with E-state index in [-0.39, 0.29) is 0 Å². The third kappa shape index (κ3) is 3.77. The minimum absolute atomic E-state index is 0.678. The van der Waals surface area contributed by atoms with Crippen molar-refractivity contribution in [2.45, 2.75) is 13.3 Å². The number of aliphatic imine (C=N–C) groups is 1. The Hall–Kier alpha value is -2.63. The maximum Gasteiger partial charge on any atom is 0.198 e. The second-order valence-corrected chi connectivity index (χ2v) is 5.28. The van der Waals surface area contributed by atoms with Crippen molar-refractivity contribution in [1.82, 2.24) is 15.3 Å². The van der Waals surface area contributed by atoms with Crippen LogP contribution >= 0.6 is 0 Å². The molecule has 2 heterocycles. The van der Waals surface area contributed by atoms with Gasteiger partial charge in [0.25, 0.3) is 0 Å². The van der Waals surface area contributed by atoms with Gasteiger partial charge in [-0.25, -0.2) is 4.98 Å². The molecule has 0 unspecified atom stereocenters. The van der Waals surface area contributed by atoms with Crippen molar-refractivity contribution in [3.8, 4) is 0 Å². The van der Waals surface area contributed by atoms with Crippen LogP contribution in [0.25, 0.3) is 0 Å². The van der Waals surface area contributed by atoms with Gasteiger partial charge in [-0.15, -0.1) is 0 Å². The first-order valence-corrected chi connectivity index (χ1v) is 8.02. The number of nitrogens with one attached hydrogen (secondary N) is 2. The summed E-state index contributed by atoms with van der Waals surface area (Å²) in [4.78, 5) is 15.2. The number of guanidine groups is 1. The van der Waals surface area contributed by atoms with Crippen LogP contribution in [0.3, 0.4) is 0 Å². The normalized spacial score (nSPS) is 13.8. The molecule has 2 aromatic rings. The topological polar surface area (TPSA) is 65.4 Å². The van der Waals surface area contributed by atoms with E-state index in [1.54, 1.807) is 18.6 Å². The Morgan fingerprint density at radius 3 is 3.04 bits per heavy atom. The average Bonchev–Trinajstić information content (AvgIpc) is 3.03. The van der Waals surface area contributed by atoms with E-state index >= 15 is 0 Å². The highest BCUT2D eigenvalue weighted by molar-refractivity contribution is 5.97. The molecule has 2 N–H and O–H groups in total. The molecule has 0 saturated heterocycles. The zero-order chi connectivity index (χ0) is 15.9. The minimum atomic E-state index is 0.678. The minimum Gasteiger partial charge on any atom is -0.367 e. The third-order valence-corrected chi connectivity index (χ3v) is 3.72. The maximum atomic E-state index is 4.73. The van der Waals surface area contributed by atoms with Crippen LogP contribution in [-0.2, 0) is 6.42 Å². The van der Waals surface area contributed by atoms with Gasteiger partial charge in [0.15, 0.2) is 5.96 Å². The number of para-hydroxylation sites is 1. The van der Waals surface area contributed by atoms with Crippen LogP contribution < -0.4 is 15.5 Å². The molecular weight excluding hydrogens is 288 g/mol. The first-order chi connectivity index (χ1) is 11.4. The Bertz CT molecular complexity index is 655. The summed E-state index contributed by atoms with van der Waals surface area (Å²) in [5, 5.41) is 6.61. The van der Waals surface area contributed by atoms with Crippen molar-refractivity contribution in [1.29, 1.82) is 0 Å². The third-order valence-electron chi connectivity index (χ3n) is 3.72. The van der Waals surface area contributed by atoms with E-state index in [4.69, 9.17) is 4.99 Å². The van der Waals surface area contributed by atoms with Gasteiger partial charge >= 0.3 is 0 Å². The lowest BCUT2D eigenvalue weighted by molar-refractivity contribution is 0.880. The van der Waals surface area contributed by atoms with Crippen molar-refractivity contribution < 1.29 is 0 Å². The monoisotopic (exact) mass is 310 g/mol. The van der Waals surface area contributed by atoms with E-state index in [9.17, 15) is 0 Å². The Labute approximate surface area is 136 Å². The molecule has 0 radical (unpaired) electrons. The molecule has 6 heteroatoms. The quantitative estimate of drug-likeness (QED) is 0.502. The van der Waals surface area contributed by atoms with Gasteiger partial charge in [0.1, 0.15) is 5.82 Å². The molecule has 1 aromatic heterocycles. The molecule has 0 fully saturated rings. The van der Waals surface area contributed by atoms with Crippen LogP contribution in [0.5, 0.6) is 0 Å². The van der Waals surface area contributed by atoms with Crippen molar-refractivity contribution >= 4 is 17.5 Å². The van der Waals surface area contributed by atoms with Gasteiger partial charge in [-0.3, -0.25) is 9.98 Å². The van der Waals surface area contributed by atoms with Gasteiger partial charge < -0.3 is 15.5 Å². The first-order valence-electron chi connectivity index (χ1n) is 8.02. The molecule has 1 aliphatic heterocycles. The van der Waals surface area contributed by atoms with E-state index in [0.717, 1.165) is 37.8 Å². The van der Waals surface area contributed by atoms with Gasteiger partial charge in [0.2, 0.25) is 0 Å². The Morgan fingerprint density at radius 2 is 2.22 bits per heavy atom. The largest absolute Gasteiger partial charge is 0.367 e. The van der Waals surface area contributed by atoms with E-state index in [1.165, 1.54) is 11.3 Å². The number of hydrogen-bond donors (Lipinski definition) is 2. The molecule has 0 saturated carbocycles. The zero-order valence-electron chi connectivity index (χ0n) is 13.4. The predicted molar refractivity (Wildman–Crippen MR) is 94.0 cm³/mol. The van der Waals surface area contributed by atoms with Crippen LogP contribution in [0.1, 0.15) is 12.5 Å². The summed E-state index contributed by atoms with van der Waals surface area (Å²) < 4.78 is 0.